The molecule has 3 rings (SSSR count). The van der Waals surface area contributed by atoms with Crippen molar-refractivity contribution in [2.75, 3.05) is 16.3 Å². The van der Waals surface area contributed by atoms with Gasteiger partial charge in [0.2, 0.25) is 15.9 Å². The summed E-state index contributed by atoms with van der Waals surface area (Å²) in [5, 5.41) is 2.90. The van der Waals surface area contributed by atoms with E-state index in [0.717, 1.165) is 24.7 Å². The van der Waals surface area contributed by atoms with Gasteiger partial charge in [0.1, 0.15) is 0 Å². The van der Waals surface area contributed by atoms with Gasteiger partial charge in [0.05, 0.1) is 17.4 Å². The Kier molecular flexibility index (Phi) is 3.85. The summed E-state index contributed by atoms with van der Waals surface area (Å²) < 4.78 is 25.0. The van der Waals surface area contributed by atoms with Crippen LogP contribution in [0.25, 0.3) is 0 Å². The number of benzene rings is 2. The highest BCUT2D eigenvalue weighted by Crippen LogP contribution is 2.48. The molecule has 0 unspecified atom stereocenters. The van der Waals surface area contributed by atoms with Crippen LogP contribution in [0.5, 0.6) is 0 Å². The molecule has 0 heterocycles. The summed E-state index contributed by atoms with van der Waals surface area (Å²) in [6.45, 7) is 0. The lowest BCUT2D eigenvalue weighted by Crippen LogP contribution is -2.27. The molecule has 2 aromatic carbocycles. The third-order valence-corrected chi connectivity index (χ3v) is 4.54. The van der Waals surface area contributed by atoms with E-state index in [-0.39, 0.29) is 5.91 Å². The van der Waals surface area contributed by atoms with Gasteiger partial charge in [-0.1, -0.05) is 36.4 Å². The summed E-state index contributed by atoms with van der Waals surface area (Å²) in [6.07, 6.45) is 2.74. The second kappa shape index (κ2) is 5.70. The van der Waals surface area contributed by atoms with Crippen molar-refractivity contribution in [2.24, 2.45) is 0 Å². The lowest BCUT2D eigenvalue weighted by atomic mass is 9.95. The molecular weight excluding hydrogens is 312 g/mol. The molecule has 1 aliphatic carbocycles. The largest absolute Gasteiger partial charge is 0.325 e. The minimum absolute atomic E-state index is 0.0554. The average Bonchev–Trinajstić information content (AvgIpc) is 3.28. The smallest absolute Gasteiger partial charge is 0.235 e. The standard InChI is InChI=1S/C17H18N2O3S/c1-23(21,22)19-15-9-5-8-14(12-15)18-16(20)17(10-11-17)13-6-3-2-4-7-13/h2-9,12,19H,10-11H2,1H3,(H,18,20). The predicted molar refractivity (Wildman–Crippen MR) is 90.9 cm³/mol. The van der Waals surface area contributed by atoms with E-state index in [1.54, 1.807) is 24.3 Å². The summed E-state index contributed by atoms with van der Waals surface area (Å²) in [4.78, 5) is 12.6. The average molecular weight is 330 g/mol. The fourth-order valence-corrected chi connectivity index (χ4v) is 3.21. The maximum atomic E-state index is 12.6. The molecule has 2 aromatic rings. The van der Waals surface area contributed by atoms with Crippen LogP contribution in [0.15, 0.2) is 54.6 Å². The van der Waals surface area contributed by atoms with E-state index in [9.17, 15) is 13.2 Å². The van der Waals surface area contributed by atoms with Crippen LogP contribution in [0.3, 0.4) is 0 Å². The van der Waals surface area contributed by atoms with E-state index in [1.807, 2.05) is 30.3 Å². The lowest BCUT2D eigenvalue weighted by molar-refractivity contribution is -0.118. The number of amides is 1. The van der Waals surface area contributed by atoms with Crippen LogP contribution < -0.4 is 10.0 Å². The third-order valence-electron chi connectivity index (χ3n) is 3.93. The van der Waals surface area contributed by atoms with Crippen molar-refractivity contribution < 1.29 is 13.2 Å². The van der Waals surface area contributed by atoms with Crippen molar-refractivity contribution in [1.29, 1.82) is 0 Å². The first-order chi connectivity index (χ1) is 10.9. The van der Waals surface area contributed by atoms with Crippen LogP contribution in [-0.4, -0.2) is 20.6 Å². The summed E-state index contributed by atoms with van der Waals surface area (Å²) in [5.41, 5.74) is 1.56. The molecule has 1 aliphatic rings. The molecule has 23 heavy (non-hydrogen) atoms. The Morgan fingerprint density at radius 1 is 1.00 bits per heavy atom. The number of carbonyl (C=O) groups excluding carboxylic acids is 1. The number of hydrogen-bond acceptors (Lipinski definition) is 3. The van der Waals surface area contributed by atoms with Gasteiger partial charge >= 0.3 is 0 Å². The summed E-state index contributed by atoms with van der Waals surface area (Å²) in [6, 6.07) is 16.4. The maximum Gasteiger partial charge on any atom is 0.235 e. The zero-order valence-electron chi connectivity index (χ0n) is 12.7. The quantitative estimate of drug-likeness (QED) is 0.885. The van der Waals surface area contributed by atoms with Gasteiger partial charge in [0.15, 0.2) is 0 Å². The highest BCUT2D eigenvalue weighted by Gasteiger charge is 2.51. The number of hydrogen-bond donors (Lipinski definition) is 2. The van der Waals surface area contributed by atoms with Gasteiger partial charge in [-0.05, 0) is 36.6 Å². The van der Waals surface area contributed by atoms with Gasteiger partial charge in [0.25, 0.3) is 0 Å². The highest BCUT2D eigenvalue weighted by atomic mass is 32.2. The van der Waals surface area contributed by atoms with Crippen molar-refractivity contribution in [3.63, 3.8) is 0 Å². The molecule has 1 saturated carbocycles. The van der Waals surface area contributed by atoms with E-state index in [4.69, 9.17) is 0 Å². The van der Waals surface area contributed by atoms with Crippen molar-refractivity contribution >= 4 is 27.3 Å². The van der Waals surface area contributed by atoms with Gasteiger partial charge in [-0.2, -0.15) is 0 Å². The molecule has 0 radical (unpaired) electrons. The maximum absolute atomic E-state index is 12.6. The number of nitrogens with one attached hydrogen (secondary N) is 2. The van der Waals surface area contributed by atoms with E-state index in [0.29, 0.717) is 11.4 Å². The first-order valence-corrected chi connectivity index (χ1v) is 9.23. The van der Waals surface area contributed by atoms with Crippen molar-refractivity contribution in [1.82, 2.24) is 0 Å². The number of carbonyl (C=O) groups is 1. The van der Waals surface area contributed by atoms with E-state index in [2.05, 4.69) is 10.0 Å². The van der Waals surface area contributed by atoms with Crippen molar-refractivity contribution in [3.05, 3.63) is 60.2 Å². The monoisotopic (exact) mass is 330 g/mol. The topological polar surface area (TPSA) is 75.3 Å². The predicted octanol–water partition coefficient (Wildman–Crippen LogP) is 2.73. The van der Waals surface area contributed by atoms with Crippen LogP contribution in [0.4, 0.5) is 11.4 Å². The molecule has 0 saturated heterocycles. The summed E-state index contributed by atoms with van der Waals surface area (Å²) in [7, 11) is -3.34. The molecule has 0 aromatic heterocycles. The number of anilines is 2. The Labute approximate surface area is 135 Å². The minimum Gasteiger partial charge on any atom is -0.325 e. The fourth-order valence-electron chi connectivity index (χ4n) is 2.65. The Morgan fingerprint density at radius 3 is 2.26 bits per heavy atom. The van der Waals surface area contributed by atoms with Gasteiger partial charge in [0, 0.05) is 5.69 Å². The number of rotatable bonds is 5. The van der Waals surface area contributed by atoms with E-state index < -0.39 is 15.4 Å². The van der Waals surface area contributed by atoms with E-state index in [1.165, 1.54) is 0 Å². The molecule has 0 atom stereocenters. The Morgan fingerprint density at radius 2 is 1.65 bits per heavy atom. The second-order valence-electron chi connectivity index (χ2n) is 5.86. The van der Waals surface area contributed by atoms with Gasteiger partial charge in [-0.3, -0.25) is 9.52 Å². The van der Waals surface area contributed by atoms with Gasteiger partial charge in [-0.25, -0.2) is 8.42 Å². The van der Waals surface area contributed by atoms with Crippen molar-refractivity contribution in [3.8, 4) is 0 Å². The second-order valence-corrected chi connectivity index (χ2v) is 7.61. The van der Waals surface area contributed by atoms with Crippen LogP contribution in [-0.2, 0) is 20.2 Å². The van der Waals surface area contributed by atoms with Crippen LogP contribution in [0.1, 0.15) is 18.4 Å². The van der Waals surface area contributed by atoms with Crippen LogP contribution in [0, 0.1) is 0 Å². The molecule has 0 bridgehead atoms. The minimum atomic E-state index is -3.34. The highest BCUT2D eigenvalue weighted by molar-refractivity contribution is 7.92. The molecule has 120 valence electrons. The zero-order chi connectivity index (χ0) is 16.5. The Balaban J connectivity index is 1.78. The van der Waals surface area contributed by atoms with Crippen molar-refractivity contribution in [2.45, 2.75) is 18.3 Å². The number of sulfonamides is 1. The fraction of sp³-hybridized carbons (Fsp3) is 0.235. The normalized spacial score (nSPS) is 15.7. The van der Waals surface area contributed by atoms with Crippen LogP contribution >= 0.6 is 0 Å². The molecule has 1 amide bonds. The molecule has 1 fully saturated rings. The molecule has 0 aliphatic heterocycles. The summed E-state index contributed by atoms with van der Waals surface area (Å²) >= 11 is 0. The zero-order valence-corrected chi connectivity index (χ0v) is 13.6. The lowest BCUT2D eigenvalue weighted by Gasteiger charge is -2.16. The third kappa shape index (κ3) is 3.53. The van der Waals surface area contributed by atoms with Gasteiger partial charge < -0.3 is 5.32 Å². The molecular formula is C17H18N2O3S. The molecule has 2 N–H and O–H groups in total. The molecule has 6 heteroatoms. The van der Waals surface area contributed by atoms with Crippen LogP contribution in [0.2, 0.25) is 0 Å². The SMILES string of the molecule is CS(=O)(=O)Nc1cccc(NC(=O)C2(c3ccccc3)CC2)c1. The Bertz CT molecular complexity index is 828. The molecule has 0 spiro atoms. The first-order valence-electron chi connectivity index (χ1n) is 7.34. The van der Waals surface area contributed by atoms with E-state index >= 15 is 0 Å². The van der Waals surface area contributed by atoms with Gasteiger partial charge in [-0.15, -0.1) is 0 Å². The first kappa shape index (κ1) is 15.6. The molecule has 5 nitrogen and oxygen atoms in total. The summed E-state index contributed by atoms with van der Waals surface area (Å²) in [5.74, 6) is -0.0554. The Hall–Kier alpha value is -2.34.